The molecule has 0 saturated carbocycles. The third kappa shape index (κ3) is 4.78. The van der Waals surface area contributed by atoms with Crippen LogP contribution in [0.15, 0.2) is 0 Å². The summed E-state index contributed by atoms with van der Waals surface area (Å²) in [6, 6.07) is -0.660. The zero-order chi connectivity index (χ0) is 32.7. The summed E-state index contributed by atoms with van der Waals surface area (Å²) in [5.74, 6) is -3.75. The van der Waals surface area contributed by atoms with Gasteiger partial charge in [0.1, 0.15) is 41.3 Å². The summed E-state index contributed by atoms with van der Waals surface area (Å²) < 4.78 is 102. The predicted molar refractivity (Wildman–Crippen MR) is 156 cm³/mol. The van der Waals surface area contributed by atoms with Crippen molar-refractivity contribution in [3.05, 3.63) is 22.9 Å². The molecule has 0 bridgehead atoms. The van der Waals surface area contributed by atoms with E-state index in [1.807, 2.05) is 16.7 Å². The minimum absolute atomic E-state index is 0.0257. The number of rotatable bonds is 5. The highest BCUT2D eigenvalue weighted by Crippen LogP contribution is 2.47. The molecule has 3 aromatic heterocycles. The van der Waals surface area contributed by atoms with Crippen molar-refractivity contribution in [2.75, 3.05) is 43.4 Å². The number of aromatic nitrogens is 4. The highest BCUT2D eigenvalue weighted by atomic mass is 19.4. The summed E-state index contributed by atoms with van der Waals surface area (Å²) in [4.78, 5) is 20.7. The molecular weight excluding hydrogens is 618 g/mol. The highest BCUT2D eigenvalue weighted by Gasteiger charge is 2.50. The van der Waals surface area contributed by atoms with Crippen molar-refractivity contribution in [3.63, 3.8) is 0 Å². The molecule has 248 valence electrons. The SMILES string of the molecule is CC[C@@H]1NCCN2c3nc(OC[C@@]45CCCN4C[C@H](F)C5)nc4c(F)c(-c5c(F)c(N)nc(C)c5C(F)(F)F)nc(c34)O[C@@H](C)[C@H]12. The van der Waals surface area contributed by atoms with Crippen molar-refractivity contribution in [1.82, 2.24) is 30.2 Å². The van der Waals surface area contributed by atoms with Crippen LogP contribution in [0.25, 0.3) is 22.2 Å². The minimum atomic E-state index is -5.12. The summed E-state index contributed by atoms with van der Waals surface area (Å²) in [5, 5.41) is 3.48. The largest absolute Gasteiger partial charge is 0.472 e. The Morgan fingerprint density at radius 1 is 1.13 bits per heavy atom. The molecular formula is C30H34F6N8O2. The minimum Gasteiger partial charge on any atom is -0.472 e. The normalized spacial score (nSPS) is 27.8. The molecule has 16 heteroatoms. The van der Waals surface area contributed by atoms with Crippen LogP contribution in [-0.2, 0) is 6.18 Å². The Labute approximate surface area is 260 Å². The van der Waals surface area contributed by atoms with Gasteiger partial charge in [0.05, 0.1) is 28.4 Å². The fourth-order valence-corrected chi connectivity index (χ4v) is 7.86. The lowest BCUT2D eigenvalue weighted by atomic mass is 9.95. The first-order chi connectivity index (χ1) is 21.8. The topological polar surface area (TPSA) is 115 Å². The average molecular weight is 653 g/mol. The predicted octanol–water partition coefficient (Wildman–Crippen LogP) is 4.57. The van der Waals surface area contributed by atoms with E-state index in [2.05, 4.69) is 20.3 Å². The molecule has 7 rings (SSSR count). The third-order valence-electron chi connectivity index (χ3n) is 9.83. The van der Waals surface area contributed by atoms with Gasteiger partial charge in [-0.1, -0.05) is 6.92 Å². The maximum atomic E-state index is 16.7. The van der Waals surface area contributed by atoms with E-state index in [-0.39, 0.29) is 54.8 Å². The number of halogens is 6. The van der Waals surface area contributed by atoms with Crippen LogP contribution in [0.5, 0.6) is 11.9 Å². The molecule has 0 amide bonds. The Bertz CT molecular complexity index is 1710. The van der Waals surface area contributed by atoms with E-state index in [1.54, 1.807) is 6.92 Å². The summed E-state index contributed by atoms with van der Waals surface area (Å²) in [5.41, 5.74) is 0.297. The number of hydrogen-bond donors (Lipinski definition) is 2. The quantitative estimate of drug-likeness (QED) is 0.380. The van der Waals surface area contributed by atoms with Crippen LogP contribution in [0.2, 0.25) is 0 Å². The van der Waals surface area contributed by atoms with E-state index in [9.17, 15) is 17.6 Å². The number of nitrogens with zero attached hydrogens (tertiary/aromatic N) is 6. The van der Waals surface area contributed by atoms with E-state index in [0.717, 1.165) is 19.9 Å². The molecule has 0 aromatic carbocycles. The lowest BCUT2D eigenvalue weighted by Crippen LogP contribution is -2.62. The van der Waals surface area contributed by atoms with Crippen molar-refractivity contribution in [3.8, 4) is 23.1 Å². The number of anilines is 2. The Morgan fingerprint density at radius 2 is 1.91 bits per heavy atom. The molecule has 3 aromatic rings. The van der Waals surface area contributed by atoms with Gasteiger partial charge in [0.15, 0.2) is 17.5 Å². The van der Waals surface area contributed by atoms with Gasteiger partial charge in [-0.3, -0.25) is 4.90 Å². The number of piperazine rings is 1. The molecule has 7 heterocycles. The zero-order valence-electron chi connectivity index (χ0n) is 25.5. The molecule has 46 heavy (non-hydrogen) atoms. The van der Waals surface area contributed by atoms with Crippen LogP contribution in [0.1, 0.15) is 50.8 Å². The second-order valence-corrected chi connectivity index (χ2v) is 12.6. The molecule has 4 aliphatic rings. The van der Waals surface area contributed by atoms with Crippen molar-refractivity contribution in [1.29, 1.82) is 0 Å². The fourth-order valence-electron chi connectivity index (χ4n) is 7.86. The Kier molecular flexibility index (Phi) is 7.38. The van der Waals surface area contributed by atoms with E-state index in [4.69, 9.17) is 20.2 Å². The number of alkyl halides is 4. The number of nitrogens with two attached hydrogens (primary N) is 1. The average Bonchev–Trinajstić information content (AvgIpc) is 3.49. The van der Waals surface area contributed by atoms with Crippen molar-refractivity contribution >= 4 is 22.5 Å². The molecule has 3 saturated heterocycles. The zero-order valence-corrected chi connectivity index (χ0v) is 25.5. The van der Waals surface area contributed by atoms with Gasteiger partial charge in [-0.05, 0) is 39.7 Å². The smallest absolute Gasteiger partial charge is 0.418 e. The molecule has 0 radical (unpaired) electrons. The molecule has 4 aliphatic heterocycles. The number of hydrogen-bond acceptors (Lipinski definition) is 10. The molecule has 0 spiro atoms. The molecule has 0 aliphatic carbocycles. The van der Waals surface area contributed by atoms with Crippen LogP contribution in [0.3, 0.4) is 0 Å². The summed E-state index contributed by atoms with van der Waals surface area (Å²) in [7, 11) is 0. The van der Waals surface area contributed by atoms with Crippen molar-refractivity contribution in [2.24, 2.45) is 0 Å². The monoisotopic (exact) mass is 652 g/mol. The highest BCUT2D eigenvalue weighted by molar-refractivity contribution is 5.97. The summed E-state index contributed by atoms with van der Waals surface area (Å²) >= 11 is 0. The van der Waals surface area contributed by atoms with Gasteiger partial charge in [-0.25, -0.2) is 23.1 Å². The second kappa shape index (κ2) is 11.0. The Hall–Kier alpha value is -3.66. The number of pyridine rings is 2. The molecule has 3 fully saturated rings. The van der Waals surface area contributed by atoms with Crippen molar-refractivity contribution in [2.45, 2.75) is 82.5 Å². The van der Waals surface area contributed by atoms with E-state index in [1.165, 1.54) is 0 Å². The maximum absolute atomic E-state index is 16.7. The molecule has 10 nitrogen and oxygen atoms in total. The standard InChI is InChI=1S/C30H34F6N8O2/c1-4-16-24-14(3)46-27-18-23(21(33)22(40-27)17-19(30(34,35)36)13(2)39-25(37)20(17)32)41-28(42-26(18)44(24)9-7-38-16)45-12-29-6-5-8-43(29)11-15(31)10-29/h14-16,24,38H,4-12H2,1-3H3,(H2,37,39)/t14-,15+,16-,24+,29-/m0/s1. The Balaban J connectivity index is 1.45. The number of fused-ring (bicyclic) bond motifs is 3. The lowest BCUT2D eigenvalue weighted by Gasteiger charge is -2.43. The van der Waals surface area contributed by atoms with Gasteiger partial charge in [0.2, 0.25) is 5.88 Å². The van der Waals surface area contributed by atoms with Gasteiger partial charge < -0.3 is 25.4 Å². The van der Waals surface area contributed by atoms with Gasteiger partial charge in [0.25, 0.3) is 0 Å². The van der Waals surface area contributed by atoms with Crippen LogP contribution in [0, 0.1) is 18.6 Å². The summed E-state index contributed by atoms with van der Waals surface area (Å²) in [6.45, 7) is 6.83. The maximum Gasteiger partial charge on any atom is 0.418 e. The Morgan fingerprint density at radius 3 is 2.65 bits per heavy atom. The van der Waals surface area contributed by atoms with Gasteiger partial charge >= 0.3 is 12.2 Å². The van der Waals surface area contributed by atoms with Gasteiger partial charge in [-0.2, -0.15) is 23.1 Å². The van der Waals surface area contributed by atoms with E-state index >= 15 is 8.78 Å². The molecule has 3 N–H and O–H groups in total. The lowest BCUT2D eigenvalue weighted by molar-refractivity contribution is -0.138. The number of ether oxygens (including phenoxy) is 2. The third-order valence-corrected chi connectivity index (χ3v) is 9.83. The first-order valence-electron chi connectivity index (χ1n) is 15.5. The van der Waals surface area contributed by atoms with Crippen LogP contribution < -0.4 is 25.4 Å². The first-order valence-corrected chi connectivity index (χ1v) is 15.5. The summed E-state index contributed by atoms with van der Waals surface area (Å²) in [6.07, 6.45) is -4.20. The molecule has 5 atom stereocenters. The van der Waals surface area contributed by atoms with Crippen LogP contribution >= 0.6 is 0 Å². The number of nitrogens with one attached hydrogen (secondary N) is 1. The van der Waals surface area contributed by atoms with Crippen molar-refractivity contribution < 1.29 is 35.8 Å². The van der Waals surface area contributed by atoms with Gasteiger partial charge in [-0.15, -0.1) is 0 Å². The number of aryl methyl sites for hydroxylation is 1. The van der Waals surface area contributed by atoms with Crippen LogP contribution in [-0.4, -0.2) is 87.5 Å². The van der Waals surface area contributed by atoms with E-state index < -0.39 is 69.5 Å². The molecule has 0 unspecified atom stereocenters. The fraction of sp³-hybridized carbons (Fsp3) is 0.600. The van der Waals surface area contributed by atoms with Gasteiger partial charge in [0, 0.05) is 32.1 Å². The first kappa shape index (κ1) is 31.0. The second-order valence-electron chi connectivity index (χ2n) is 12.6. The van der Waals surface area contributed by atoms with E-state index in [0.29, 0.717) is 25.9 Å². The number of nitrogen functional groups attached to an aromatic ring is 1. The van der Waals surface area contributed by atoms with Crippen LogP contribution in [0.4, 0.5) is 38.0 Å².